The van der Waals surface area contributed by atoms with Crippen LogP contribution in [0, 0.1) is 45.8 Å². The molecule has 9 nitrogen and oxygen atoms in total. The van der Waals surface area contributed by atoms with Crippen molar-refractivity contribution in [2.75, 3.05) is 13.7 Å². The molecule has 3 saturated carbocycles. The van der Waals surface area contributed by atoms with E-state index in [0.717, 1.165) is 24.7 Å². The Morgan fingerprint density at radius 2 is 1.92 bits per heavy atom. The molecule has 12 atom stereocenters. The van der Waals surface area contributed by atoms with Crippen molar-refractivity contribution in [1.82, 2.24) is 0 Å². The third kappa shape index (κ3) is 3.34. The fourth-order valence-corrected chi connectivity index (χ4v) is 9.64. The lowest BCUT2D eigenvalue weighted by molar-refractivity contribution is -0.309. The molecule has 5 rings (SSSR count). The quantitative estimate of drug-likeness (QED) is 0.274. The summed E-state index contributed by atoms with van der Waals surface area (Å²) < 4.78 is 23.3. The van der Waals surface area contributed by atoms with Gasteiger partial charge in [-0.2, -0.15) is 0 Å². The summed E-state index contributed by atoms with van der Waals surface area (Å²) in [5.74, 6) is -1.11. The molecule has 0 aromatic carbocycles. The number of aldehydes is 1. The molecule has 9 heteroatoms. The Balaban J connectivity index is 1.57. The summed E-state index contributed by atoms with van der Waals surface area (Å²) in [6.07, 6.45) is 1.35. The van der Waals surface area contributed by atoms with E-state index in [4.69, 9.17) is 18.9 Å². The number of hydrogen-bond donors (Lipinski definition) is 2. The molecule has 4 fully saturated rings. The highest BCUT2D eigenvalue weighted by atomic mass is 16.7. The fraction of sp³-hybridized carbons (Fsp3) is 0.828. The first-order valence-electron chi connectivity index (χ1n) is 14.0. The molecule has 0 aromatic rings. The number of carboxylic acid groups (broad SMARTS) is 1. The molecule has 0 spiro atoms. The van der Waals surface area contributed by atoms with E-state index in [-0.39, 0.29) is 30.3 Å². The fourth-order valence-electron chi connectivity index (χ4n) is 9.64. The van der Waals surface area contributed by atoms with Gasteiger partial charge in [-0.3, -0.25) is 9.59 Å². The molecule has 0 unspecified atom stereocenters. The molecule has 4 bridgehead atoms. The zero-order chi connectivity index (χ0) is 27.8. The minimum Gasteiger partial charge on any atom is -0.481 e. The molecule has 1 aliphatic heterocycles. The van der Waals surface area contributed by atoms with Crippen molar-refractivity contribution in [3.8, 4) is 0 Å². The molecule has 38 heavy (non-hydrogen) atoms. The number of fused-ring (bicyclic) bond motifs is 2. The molecule has 1 saturated heterocycles. The van der Waals surface area contributed by atoms with Crippen LogP contribution in [0.15, 0.2) is 11.6 Å². The second-order valence-electron chi connectivity index (χ2n) is 12.8. The number of hydrogen-bond acceptors (Lipinski definition) is 8. The van der Waals surface area contributed by atoms with Gasteiger partial charge in [0.15, 0.2) is 12.4 Å². The molecule has 1 heterocycles. The van der Waals surface area contributed by atoms with Crippen LogP contribution >= 0.6 is 0 Å². The van der Waals surface area contributed by atoms with Crippen LogP contribution in [-0.2, 0) is 33.3 Å². The van der Waals surface area contributed by atoms with Crippen molar-refractivity contribution in [3.63, 3.8) is 0 Å². The minimum atomic E-state index is -1.38. The summed E-state index contributed by atoms with van der Waals surface area (Å²) in [7, 11) is 1.45. The van der Waals surface area contributed by atoms with Crippen molar-refractivity contribution in [1.29, 1.82) is 0 Å². The molecule has 0 aromatic heterocycles. The summed E-state index contributed by atoms with van der Waals surface area (Å²) in [4.78, 5) is 38.7. The van der Waals surface area contributed by atoms with Gasteiger partial charge in [0.1, 0.15) is 23.9 Å². The zero-order valence-electron chi connectivity index (χ0n) is 23.2. The number of carbonyl (C=O) groups excluding carboxylic acids is 2. The van der Waals surface area contributed by atoms with Gasteiger partial charge in [-0.05, 0) is 55.8 Å². The van der Waals surface area contributed by atoms with Crippen LogP contribution in [0.25, 0.3) is 0 Å². The molecule has 5 aliphatic rings. The third-order valence-corrected chi connectivity index (χ3v) is 11.0. The number of methoxy groups -OCH3 is 1. The maximum Gasteiger partial charge on any atom is 0.315 e. The number of aliphatic hydroxyl groups excluding tert-OH is 1. The van der Waals surface area contributed by atoms with Crippen molar-refractivity contribution in [2.24, 2.45) is 45.8 Å². The summed E-state index contributed by atoms with van der Waals surface area (Å²) >= 11 is 0. The SMILES string of the molecule is CO[C@H]1[C@H](O)[C@@H](OC(C)=O)[C@H](OC[C@@]23C[C@@H]4[C@H](C)CC[C@H]4[C@@]4(C=O)C[C@@H]2C=C(C(C)C)[C@@]34C(=O)O)O[C@@H]1C. The lowest BCUT2D eigenvalue weighted by atomic mass is 9.43. The number of carbonyl (C=O) groups is 3. The predicted octanol–water partition coefficient (Wildman–Crippen LogP) is 2.98. The lowest BCUT2D eigenvalue weighted by Gasteiger charge is -2.58. The first-order valence-corrected chi connectivity index (χ1v) is 14.0. The second kappa shape index (κ2) is 9.39. The summed E-state index contributed by atoms with van der Waals surface area (Å²) in [6, 6.07) is 0. The standard InChI is InChI=1S/C29H42O9/c1-14(2)21-9-18-10-27(12-30)20-8-7-15(3)19(20)11-28(18,29(21,27)26(33)34)13-36-25-24(38-17(5)31)22(32)23(35-6)16(4)37-25/h9,12,14-16,18-20,22-25,32H,7-8,10-11,13H2,1-6H3,(H,33,34)/t15-,16-,18+,19-,20-,22+,23-,24-,25-,27+,28+,29+/m1/s1. The van der Waals surface area contributed by atoms with Gasteiger partial charge in [0.2, 0.25) is 0 Å². The van der Waals surface area contributed by atoms with E-state index < -0.39 is 58.9 Å². The molecular formula is C29H42O9. The van der Waals surface area contributed by atoms with E-state index in [0.29, 0.717) is 18.8 Å². The van der Waals surface area contributed by atoms with E-state index in [1.165, 1.54) is 14.0 Å². The van der Waals surface area contributed by atoms with Crippen molar-refractivity contribution >= 4 is 18.2 Å². The Bertz CT molecular complexity index is 1020. The van der Waals surface area contributed by atoms with Crippen LogP contribution in [-0.4, -0.2) is 72.9 Å². The number of esters is 1. The van der Waals surface area contributed by atoms with Crippen LogP contribution in [0.1, 0.15) is 60.3 Å². The Morgan fingerprint density at radius 3 is 2.50 bits per heavy atom. The highest BCUT2D eigenvalue weighted by Gasteiger charge is 2.84. The van der Waals surface area contributed by atoms with Gasteiger partial charge < -0.3 is 34.0 Å². The number of carboxylic acids is 1. The number of allylic oxidation sites excluding steroid dienone is 1. The number of aliphatic hydroxyl groups is 1. The molecule has 0 radical (unpaired) electrons. The molecule has 2 N–H and O–H groups in total. The maximum atomic E-state index is 13.6. The van der Waals surface area contributed by atoms with E-state index in [1.54, 1.807) is 6.92 Å². The van der Waals surface area contributed by atoms with Crippen LogP contribution in [0.2, 0.25) is 0 Å². The number of rotatable bonds is 8. The van der Waals surface area contributed by atoms with E-state index in [1.807, 2.05) is 13.8 Å². The van der Waals surface area contributed by atoms with E-state index in [9.17, 15) is 24.6 Å². The van der Waals surface area contributed by atoms with Crippen LogP contribution in [0.5, 0.6) is 0 Å². The Labute approximate surface area is 224 Å². The first-order chi connectivity index (χ1) is 17.9. The molecular weight excluding hydrogens is 492 g/mol. The van der Waals surface area contributed by atoms with Gasteiger partial charge in [-0.15, -0.1) is 0 Å². The zero-order valence-corrected chi connectivity index (χ0v) is 23.2. The average molecular weight is 535 g/mol. The van der Waals surface area contributed by atoms with Crippen molar-refractivity contribution in [2.45, 2.75) is 91.0 Å². The van der Waals surface area contributed by atoms with Gasteiger partial charge in [0.25, 0.3) is 0 Å². The van der Waals surface area contributed by atoms with Gasteiger partial charge in [-0.1, -0.05) is 38.8 Å². The van der Waals surface area contributed by atoms with Gasteiger partial charge in [-0.25, -0.2) is 0 Å². The topological polar surface area (TPSA) is 129 Å². The van der Waals surface area contributed by atoms with E-state index >= 15 is 0 Å². The number of ether oxygens (including phenoxy) is 4. The van der Waals surface area contributed by atoms with Crippen molar-refractivity contribution < 1.29 is 43.5 Å². The maximum absolute atomic E-state index is 13.6. The van der Waals surface area contributed by atoms with Gasteiger partial charge in [0, 0.05) is 19.4 Å². The molecule has 4 aliphatic carbocycles. The summed E-state index contributed by atoms with van der Waals surface area (Å²) in [6.45, 7) is 9.21. The highest BCUT2D eigenvalue weighted by molar-refractivity contribution is 5.90. The highest BCUT2D eigenvalue weighted by Crippen LogP contribution is 2.82. The molecule has 0 amide bonds. The van der Waals surface area contributed by atoms with Crippen molar-refractivity contribution in [3.05, 3.63) is 11.6 Å². The number of aliphatic carboxylic acids is 1. The Hall–Kier alpha value is -1.81. The average Bonchev–Trinajstić information content (AvgIpc) is 3.42. The monoisotopic (exact) mass is 534 g/mol. The first kappa shape index (κ1) is 27.7. The van der Waals surface area contributed by atoms with Gasteiger partial charge >= 0.3 is 11.9 Å². The largest absolute Gasteiger partial charge is 0.481 e. The smallest absolute Gasteiger partial charge is 0.315 e. The predicted molar refractivity (Wildman–Crippen MR) is 135 cm³/mol. The normalized spacial score (nSPS) is 49.1. The van der Waals surface area contributed by atoms with Gasteiger partial charge in [0.05, 0.1) is 18.1 Å². The van der Waals surface area contributed by atoms with Crippen LogP contribution in [0.4, 0.5) is 0 Å². The summed E-state index contributed by atoms with van der Waals surface area (Å²) in [5.41, 5.74) is -2.40. The minimum absolute atomic E-state index is 0.0156. The third-order valence-electron chi connectivity index (χ3n) is 11.0. The Kier molecular flexibility index (Phi) is 6.86. The lowest BCUT2D eigenvalue weighted by Crippen LogP contribution is -2.64. The summed E-state index contributed by atoms with van der Waals surface area (Å²) in [5, 5.41) is 22.1. The Morgan fingerprint density at radius 1 is 1.21 bits per heavy atom. The van der Waals surface area contributed by atoms with Crippen LogP contribution in [0.3, 0.4) is 0 Å². The molecule has 212 valence electrons. The second-order valence-corrected chi connectivity index (χ2v) is 12.8. The van der Waals surface area contributed by atoms with Crippen LogP contribution < -0.4 is 0 Å². The van der Waals surface area contributed by atoms with E-state index in [2.05, 4.69) is 13.0 Å².